The normalized spacial score (nSPS) is 22.4. The zero-order valence-corrected chi connectivity index (χ0v) is 14.6. The predicted octanol–water partition coefficient (Wildman–Crippen LogP) is 4.39. The molecule has 3 heteroatoms. The van der Waals surface area contributed by atoms with Crippen LogP contribution in [0.5, 0.6) is 0 Å². The van der Waals surface area contributed by atoms with Gasteiger partial charge in [0.05, 0.1) is 0 Å². The average Bonchev–Trinajstić information content (AvgIpc) is 2.50. The van der Waals surface area contributed by atoms with Crippen LogP contribution in [0.3, 0.4) is 0 Å². The van der Waals surface area contributed by atoms with Crippen LogP contribution in [0.4, 0.5) is 0 Å². The number of benzene rings is 1. The quantitative estimate of drug-likeness (QED) is 0.868. The molecule has 1 aliphatic heterocycles. The third kappa shape index (κ3) is 3.61. The van der Waals surface area contributed by atoms with E-state index in [0.29, 0.717) is 6.04 Å². The highest BCUT2D eigenvalue weighted by Crippen LogP contribution is 2.31. The first-order chi connectivity index (χ1) is 10.0. The highest BCUT2D eigenvalue weighted by Gasteiger charge is 2.38. The summed E-state index contributed by atoms with van der Waals surface area (Å²) in [4.78, 5) is 2.66. The smallest absolute Gasteiger partial charge is 0.0453 e. The Morgan fingerprint density at radius 1 is 1.29 bits per heavy atom. The largest absolute Gasteiger partial charge is 0.311 e. The molecule has 2 nitrogen and oxygen atoms in total. The van der Waals surface area contributed by atoms with Crippen molar-refractivity contribution in [2.24, 2.45) is 0 Å². The first kappa shape index (κ1) is 16.8. The van der Waals surface area contributed by atoms with Crippen LogP contribution in [-0.2, 0) is 6.54 Å². The minimum Gasteiger partial charge on any atom is -0.311 e. The standard InChI is InChI=1S/C18H29ClN2/c1-5-16-12-21(18(6-2,7-3)13-20-16)11-15-9-8-14(4)10-17(15)19/h8-10,16,20H,5-7,11-13H2,1-4H3. The molecule has 1 atom stereocenters. The van der Waals surface area contributed by atoms with Gasteiger partial charge in [0.2, 0.25) is 0 Å². The van der Waals surface area contributed by atoms with Gasteiger partial charge in [0.1, 0.15) is 0 Å². The second kappa shape index (κ2) is 7.13. The van der Waals surface area contributed by atoms with Gasteiger partial charge in [0.25, 0.3) is 0 Å². The fourth-order valence-electron chi connectivity index (χ4n) is 3.41. The Morgan fingerprint density at radius 2 is 2.00 bits per heavy atom. The molecule has 1 unspecified atom stereocenters. The Bertz CT molecular complexity index is 468. The molecule has 0 radical (unpaired) electrons. The minimum absolute atomic E-state index is 0.264. The van der Waals surface area contributed by atoms with Crippen LogP contribution in [-0.4, -0.2) is 29.6 Å². The Labute approximate surface area is 134 Å². The van der Waals surface area contributed by atoms with E-state index in [2.05, 4.69) is 56.1 Å². The first-order valence-corrected chi connectivity index (χ1v) is 8.66. The lowest BCUT2D eigenvalue weighted by molar-refractivity contribution is 0.0238. The van der Waals surface area contributed by atoms with Crippen molar-refractivity contribution in [3.05, 3.63) is 34.3 Å². The summed E-state index contributed by atoms with van der Waals surface area (Å²) < 4.78 is 0. The summed E-state index contributed by atoms with van der Waals surface area (Å²) in [6, 6.07) is 7.04. The van der Waals surface area contributed by atoms with Crippen LogP contribution in [0.1, 0.15) is 51.2 Å². The molecule has 1 N–H and O–H groups in total. The number of hydrogen-bond donors (Lipinski definition) is 1. The van der Waals surface area contributed by atoms with Gasteiger partial charge in [0, 0.05) is 36.2 Å². The van der Waals surface area contributed by atoms with Gasteiger partial charge in [-0.2, -0.15) is 0 Å². The molecule has 0 bridgehead atoms. The summed E-state index contributed by atoms with van der Waals surface area (Å²) in [5, 5.41) is 4.63. The van der Waals surface area contributed by atoms with E-state index in [4.69, 9.17) is 11.6 Å². The van der Waals surface area contributed by atoms with Crippen molar-refractivity contribution in [3.63, 3.8) is 0 Å². The maximum absolute atomic E-state index is 6.46. The van der Waals surface area contributed by atoms with Gasteiger partial charge in [0.15, 0.2) is 0 Å². The van der Waals surface area contributed by atoms with E-state index < -0.39 is 0 Å². The third-order valence-corrected chi connectivity index (χ3v) is 5.56. The molecule has 21 heavy (non-hydrogen) atoms. The molecule has 1 aromatic rings. The fourth-order valence-corrected chi connectivity index (χ4v) is 3.70. The van der Waals surface area contributed by atoms with E-state index in [-0.39, 0.29) is 5.54 Å². The van der Waals surface area contributed by atoms with E-state index in [1.807, 2.05) is 0 Å². The van der Waals surface area contributed by atoms with Gasteiger partial charge in [-0.05, 0) is 43.4 Å². The number of aryl methyl sites for hydroxylation is 1. The van der Waals surface area contributed by atoms with Crippen LogP contribution in [0.15, 0.2) is 18.2 Å². The summed E-state index contributed by atoms with van der Waals surface area (Å²) in [5.74, 6) is 0. The number of hydrogen-bond acceptors (Lipinski definition) is 2. The van der Waals surface area contributed by atoms with Crippen molar-refractivity contribution in [2.45, 2.75) is 65.1 Å². The monoisotopic (exact) mass is 308 g/mol. The number of piperazine rings is 1. The van der Waals surface area contributed by atoms with E-state index >= 15 is 0 Å². The highest BCUT2D eigenvalue weighted by atomic mass is 35.5. The Morgan fingerprint density at radius 3 is 2.57 bits per heavy atom. The lowest BCUT2D eigenvalue weighted by Gasteiger charge is -2.50. The number of nitrogens with one attached hydrogen (secondary N) is 1. The molecule has 0 aliphatic carbocycles. The summed E-state index contributed by atoms with van der Waals surface area (Å²) in [5.41, 5.74) is 2.75. The van der Waals surface area contributed by atoms with Gasteiger partial charge in [-0.25, -0.2) is 0 Å². The zero-order chi connectivity index (χ0) is 15.5. The highest BCUT2D eigenvalue weighted by molar-refractivity contribution is 6.31. The van der Waals surface area contributed by atoms with Crippen molar-refractivity contribution in [1.82, 2.24) is 10.2 Å². The van der Waals surface area contributed by atoms with Gasteiger partial charge >= 0.3 is 0 Å². The lowest BCUT2D eigenvalue weighted by Crippen LogP contribution is -2.63. The Kier molecular flexibility index (Phi) is 5.70. The second-order valence-electron chi connectivity index (χ2n) is 6.39. The number of halogens is 1. The SMILES string of the molecule is CCC1CN(Cc2ccc(C)cc2Cl)C(CC)(CC)CN1. The predicted molar refractivity (Wildman–Crippen MR) is 92.0 cm³/mol. The third-order valence-electron chi connectivity index (χ3n) is 5.21. The molecule has 1 fully saturated rings. The molecule has 1 aromatic carbocycles. The minimum atomic E-state index is 0.264. The summed E-state index contributed by atoms with van der Waals surface area (Å²) in [7, 11) is 0. The van der Waals surface area contributed by atoms with E-state index in [9.17, 15) is 0 Å². The van der Waals surface area contributed by atoms with Crippen LogP contribution in [0, 0.1) is 6.92 Å². The molecule has 0 saturated carbocycles. The van der Waals surface area contributed by atoms with E-state index in [0.717, 1.165) is 24.7 Å². The number of rotatable bonds is 5. The van der Waals surface area contributed by atoms with Crippen molar-refractivity contribution >= 4 is 11.6 Å². The molecule has 2 rings (SSSR count). The van der Waals surface area contributed by atoms with Crippen molar-refractivity contribution < 1.29 is 0 Å². The topological polar surface area (TPSA) is 15.3 Å². The van der Waals surface area contributed by atoms with Crippen LogP contribution in [0.25, 0.3) is 0 Å². The molecule has 0 spiro atoms. The van der Waals surface area contributed by atoms with Gasteiger partial charge in [-0.1, -0.05) is 44.5 Å². The molecule has 0 aromatic heterocycles. The average molecular weight is 309 g/mol. The first-order valence-electron chi connectivity index (χ1n) is 8.28. The molecule has 0 amide bonds. The van der Waals surface area contributed by atoms with Crippen LogP contribution in [0.2, 0.25) is 5.02 Å². The van der Waals surface area contributed by atoms with Crippen molar-refractivity contribution in [3.8, 4) is 0 Å². The van der Waals surface area contributed by atoms with Crippen molar-refractivity contribution in [1.29, 1.82) is 0 Å². The van der Waals surface area contributed by atoms with Gasteiger partial charge in [-0.15, -0.1) is 0 Å². The summed E-state index contributed by atoms with van der Waals surface area (Å²) >= 11 is 6.46. The number of nitrogens with zero attached hydrogens (tertiary/aromatic N) is 1. The molecular formula is C18H29ClN2. The van der Waals surface area contributed by atoms with Crippen LogP contribution >= 0.6 is 11.6 Å². The van der Waals surface area contributed by atoms with Gasteiger partial charge < -0.3 is 5.32 Å². The summed E-state index contributed by atoms with van der Waals surface area (Å²) in [6.07, 6.45) is 3.54. The maximum atomic E-state index is 6.46. The Balaban J connectivity index is 2.23. The maximum Gasteiger partial charge on any atom is 0.0453 e. The zero-order valence-electron chi connectivity index (χ0n) is 13.9. The van der Waals surface area contributed by atoms with E-state index in [1.165, 1.54) is 30.4 Å². The lowest BCUT2D eigenvalue weighted by atomic mass is 9.86. The second-order valence-corrected chi connectivity index (χ2v) is 6.80. The molecule has 1 saturated heterocycles. The van der Waals surface area contributed by atoms with Gasteiger partial charge in [-0.3, -0.25) is 4.90 Å². The van der Waals surface area contributed by atoms with E-state index in [1.54, 1.807) is 0 Å². The van der Waals surface area contributed by atoms with Crippen molar-refractivity contribution in [2.75, 3.05) is 13.1 Å². The molecule has 118 valence electrons. The molecular weight excluding hydrogens is 280 g/mol. The molecule has 1 heterocycles. The summed E-state index contributed by atoms with van der Waals surface area (Å²) in [6.45, 7) is 12.1. The Hall–Kier alpha value is -0.570. The fraction of sp³-hybridized carbons (Fsp3) is 0.667. The van der Waals surface area contributed by atoms with Crippen LogP contribution < -0.4 is 5.32 Å². The molecule has 1 aliphatic rings.